The SMILES string of the molecule is CC#C[C@@H](CC(=O)Cl)c1ccc(OCc2ccc3scc(-c4cncnc4C)c3c2)cc1. The van der Waals surface area contributed by atoms with Gasteiger partial charge in [-0.05, 0) is 66.2 Å². The van der Waals surface area contributed by atoms with Crippen molar-refractivity contribution in [3.63, 3.8) is 0 Å². The van der Waals surface area contributed by atoms with Crippen molar-refractivity contribution in [3.8, 4) is 28.7 Å². The van der Waals surface area contributed by atoms with E-state index in [-0.39, 0.29) is 12.3 Å². The topological polar surface area (TPSA) is 52.1 Å². The normalized spacial score (nSPS) is 11.6. The van der Waals surface area contributed by atoms with E-state index in [4.69, 9.17) is 16.3 Å². The number of benzene rings is 2. The third-order valence-corrected chi connectivity index (χ3v) is 6.33. The van der Waals surface area contributed by atoms with Gasteiger partial charge in [0.15, 0.2) is 0 Å². The predicted octanol–water partition coefficient (Wildman–Crippen LogP) is 6.51. The zero-order chi connectivity index (χ0) is 22.5. The van der Waals surface area contributed by atoms with Crippen LogP contribution in [0.3, 0.4) is 0 Å². The molecule has 2 heterocycles. The van der Waals surface area contributed by atoms with Crippen LogP contribution in [0, 0.1) is 18.8 Å². The minimum absolute atomic E-state index is 0.192. The Bertz CT molecular complexity index is 1320. The molecule has 0 unspecified atom stereocenters. The Kier molecular flexibility index (Phi) is 6.84. The summed E-state index contributed by atoms with van der Waals surface area (Å²) in [5, 5.41) is 2.94. The lowest BCUT2D eigenvalue weighted by Gasteiger charge is -2.11. The van der Waals surface area contributed by atoms with Crippen molar-refractivity contribution in [1.82, 2.24) is 9.97 Å². The first-order valence-electron chi connectivity index (χ1n) is 10.2. The molecule has 0 fully saturated rings. The van der Waals surface area contributed by atoms with Crippen LogP contribution >= 0.6 is 22.9 Å². The molecule has 6 heteroatoms. The maximum absolute atomic E-state index is 11.3. The first-order chi connectivity index (χ1) is 15.5. The smallest absolute Gasteiger partial charge is 0.223 e. The van der Waals surface area contributed by atoms with E-state index in [1.807, 2.05) is 37.4 Å². The van der Waals surface area contributed by atoms with Gasteiger partial charge in [0.05, 0.1) is 5.92 Å². The molecule has 2 aromatic carbocycles. The van der Waals surface area contributed by atoms with E-state index in [0.717, 1.165) is 33.7 Å². The molecule has 2 aromatic heterocycles. The Morgan fingerprint density at radius 1 is 1.19 bits per heavy atom. The summed E-state index contributed by atoms with van der Waals surface area (Å²) in [6.07, 6.45) is 3.63. The van der Waals surface area contributed by atoms with Crippen molar-refractivity contribution in [2.75, 3.05) is 0 Å². The highest BCUT2D eigenvalue weighted by molar-refractivity contribution is 7.17. The molecule has 0 aliphatic carbocycles. The molecule has 0 amide bonds. The average molecular weight is 461 g/mol. The number of hydrogen-bond acceptors (Lipinski definition) is 5. The standard InChI is InChI=1S/C26H21ClN2O2S/c1-3-4-20(12-26(27)30)19-6-8-21(9-7-19)31-14-18-5-10-25-22(11-18)24(15-32-25)23-13-28-16-29-17(23)2/h5-11,13,15-16,20H,12,14H2,1-2H3/t20-/m0/s1. The van der Waals surface area contributed by atoms with E-state index < -0.39 is 5.24 Å². The highest BCUT2D eigenvalue weighted by Crippen LogP contribution is 2.35. The van der Waals surface area contributed by atoms with Gasteiger partial charge >= 0.3 is 0 Å². The maximum Gasteiger partial charge on any atom is 0.223 e. The van der Waals surface area contributed by atoms with Crippen molar-refractivity contribution < 1.29 is 9.53 Å². The zero-order valence-electron chi connectivity index (χ0n) is 17.8. The van der Waals surface area contributed by atoms with Gasteiger partial charge in [0.1, 0.15) is 18.7 Å². The number of carbonyl (C=O) groups excluding carboxylic acids is 1. The first-order valence-corrected chi connectivity index (χ1v) is 11.4. The largest absolute Gasteiger partial charge is 0.489 e. The molecule has 0 N–H and O–H groups in total. The van der Waals surface area contributed by atoms with E-state index in [2.05, 4.69) is 45.4 Å². The van der Waals surface area contributed by atoms with Gasteiger partial charge in [-0.25, -0.2) is 9.97 Å². The number of carbonyl (C=O) groups is 1. The fraction of sp³-hybridized carbons (Fsp3) is 0.192. The third kappa shape index (κ3) is 4.99. The molecule has 4 rings (SSSR count). The molecular formula is C26H21ClN2O2S. The van der Waals surface area contributed by atoms with Crippen molar-refractivity contribution in [1.29, 1.82) is 0 Å². The summed E-state index contributed by atoms with van der Waals surface area (Å²) >= 11 is 7.27. The molecular weight excluding hydrogens is 440 g/mol. The lowest BCUT2D eigenvalue weighted by atomic mass is 9.97. The number of halogens is 1. The van der Waals surface area contributed by atoms with Crippen LogP contribution < -0.4 is 4.74 Å². The van der Waals surface area contributed by atoms with Crippen LogP contribution in [-0.4, -0.2) is 15.2 Å². The number of thiophene rings is 1. The summed E-state index contributed by atoms with van der Waals surface area (Å²) < 4.78 is 7.23. The Morgan fingerprint density at radius 2 is 2.00 bits per heavy atom. The summed E-state index contributed by atoms with van der Waals surface area (Å²) in [7, 11) is 0. The number of hydrogen-bond donors (Lipinski definition) is 0. The number of aryl methyl sites for hydroxylation is 1. The minimum Gasteiger partial charge on any atom is -0.489 e. The van der Waals surface area contributed by atoms with E-state index in [1.54, 1.807) is 24.6 Å². The van der Waals surface area contributed by atoms with Gasteiger partial charge in [-0.2, -0.15) is 0 Å². The fourth-order valence-electron chi connectivity index (χ4n) is 3.58. The van der Waals surface area contributed by atoms with Gasteiger partial charge in [0, 0.05) is 39.5 Å². The molecule has 0 spiro atoms. The summed E-state index contributed by atoms with van der Waals surface area (Å²) in [6, 6.07) is 14.0. The van der Waals surface area contributed by atoms with Crippen molar-refractivity contribution in [2.24, 2.45) is 0 Å². The zero-order valence-corrected chi connectivity index (χ0v) is 19.3. The number of rotatable bonds is 7. The van der Waals surface area contributed by atoms with Gasteiger partial charge in [-0.15, -0.1) is 17.3 Å². The van der Waals surface area contributed by atoms with Gasteiger partial charge in [-0.1, -0.05) is 24.1 Å². The Labute approximate surface area is 196 Å². The molecule has 0 bridgehead atoms. The fourth-order valence-corrected chi connectivity index (χ4v) is 4.68. The molecule has 4 aromatic rings. The Balaban J connectivity index is 1.51. The van der Waals surface area contributed by atoms with E-state index >= 15 is 0 Å². The average Bonchev–Trinajstić information content (AvgIpc) is 3.21. The predicted molar refractivity (Wildman–Crippen MR) is 130 cm³/mol. The Hall–Kier alpha value is -3.20. The number of fused-ring (bicyclic) bond motifs is 1. The second kappa shape index (κ2) is 9.95. The van der Waals surface area contributed by atoms with Crippen LogP contribution in [0.25, 0.3) is 21.2 Å². The quantitative estimate of drug-likeness (QED) is 0.233. The molecule has 32 heavy (non-hydrogen) atoms. The van der Waals surface area contributed by atoms with E-state index in [1.165, 1.54) is 10.1 Å². The van der Waals surface area contributed by atoms with Crippen LogP contribution in [0.4, 0.5) is 0 Å². The molecule has 160 valence electrons. The summed E-state index contributed by atoms with van der Waals surface area (Å²) in [5.74, 6) is 6.46. The summed E-state index contributed by atoms with van der Waals surface area (Å²) in [5.41, 5.74) is 5.19. The number of nitrogens with zero attached hydrogens (tertiary/aromatic N) is 2. The van der Waals surface area contributed by atoms with Crippen LogP contribution in [0.1, 0.15) is 36.1 Å². The molecule has 0 saturated heterocycles. The highest BCUT2D eigenvalue weighted by atomic mass is 35.5. The molecule has 0 aliphatic rings. The van der Waals surface area contributed by atoms with E-state index in [9.17, 15) is 4.79 Å². The van der Waals surface area contributed by atoms with Gasteiger partial charge < -0.3 is 4.74 Å². The lowest BCUT2D eigenvalue weighted by molar-refractivity contribution is -0.111. The second-order valence-corrected chi connectivity index (χ2v) is 8.70. The van der Waals surface area contributed by atoms with E-state index in [0.29, 0.717) is 6.61 Å². The summed E-state index contributed by atoms with van der Waals surface area (Å²) in [6.45, 7) is 4.20. The summed E-state index contributed by atoms with van der Waals surface area (Å²) in [4.78, 5) is 19.8. The monoisotopic (exact) mass is 460 g/mol. The van der Waals surface area contributed by atoms with Crippen LogP contribution in [0.5, 0.6) is 5.75 Å². The third-order valence-electron chi connectivity index (χ3n) is 5.21. The van der Waals surface area contributed by atoms with Crippen molar-refractivity contribution in [3.05, 3.63) is 77.2 Å². The van der Waals surface area contributed by atoms with Crippen LogP contribution in [0.2, 0.25) is 0 Å². The minimum atomic E-state index is -0.390. The first kappa shape index (κ1) is 22.0. The van der Waals surface area contributed by atoms with Crippen molar-refractivity contribution >= 4 is 38.3 Å². The number of aromatic nitrogens is 2. The number of ether oxygens (including phenoxy) is 1. The molecule has 0 radical (unpaired) electrons. The molecule has 1 atom stereocenters. The van der Waals surface area contributed by atoms with Crippen molar-refractivity contribution in [2.45, 2.75) is 32.8 Å². The lowest BCUT2D eigenvalue weighted by Crippen LogP contribution is -2.01. The molecule has 4 nitrogen and oxygen atoms in total. The Morgan fingerprint density at radius 3 is 2.72 bits per heavy atom. The van der Waals surface area contributed by atoms with Crippen LogP contribution in [-0.2, 0) is 11.4 Å². The van der Waals surface area contributed by atoms with Gasteiger partial charge in [-0.3, -0.25) is 4.79 Å². The highest BCUT2D eigenvalue weighted by Gasteiger charge is 2.13. The van der Waals surface area contributed by atoms with Gasteiger partial charge in [0.2, 0.25) is 5.24 Å². The maximum atomic E-state index is 11.3. The molecule has 0 saturated carbocycles. The van der Waals surface area contributed by atoms with Gasteiger partial charge in [0.25, 0.3) is 0 Å². The van der Waals surface area contributed by atoms with Crippen LogP contribution in [0.15, 0.2) is 60.4 Å². The second-order valence-electron chi connectivity index (χ2n) is 7.37. The molecule has 0 aliphatic heterocycles.